The van der Waals surface area contributed by atoms with Crippen molar-refractivity contribution in [2.45, 2.75) is 18.4 Å². The molecule has 2 aromatic carbocycles. The van der Waals surface area contributed by atoms with Crippen molar-refractivity contribution in [2.24, 2.45) is 0 Å². The summed E-state index contributed by atoms with van der Waals surface area (Å²) in [6, 6.07) is 12.8. The van der Waals surface area contributed by atoms with Gasteiger partial charge in [0.05, 0.1) is 20.8 Å². The average molecular weight is 327 g/mol. The molecule has 24 heavy (non-hydrogen) atoms. The molecule has 0 bridgehead atoms. The maximum atomic E-state index is 12.4. The van der Waals surface area contributed by atoms with E-state index in [1.54, 1.807) is 25.3 Å². The van der Waals surface area contributed by atoms with Crippen molar-refractivity contribution in [2.75, 3.05) is 20.8 Å². The van der Waals surface area contributed by atoms with Gasteiger partial charge in [-0.3, -0.25) is 4.79 Å². The zero-order valence-corrected chi connectivity index (χ0v) is 13.8. The predicted molar refractivity (Wildman–Crippen MR) is 90.5 cm³/mol. The van der Waals surface area contributed by atoms with Crippen LogP contribution in [0, 0.1) is 0 Å². The number of methoxy groups -OCH3 is 2. The third kappa shape index (κ3) is 2.95. The molecule has 0 aliphatic heterocycles. The summed E-state index contributed by atoms with van der Waals surface area (Å²) in [6.07, 6.45) is 1.43. The van der Waals surface area contributed by atoms with Gasteiger partial charge < -0.3 is 19.9 Å². The van der Waals surface area contributed by atoms with E-state index in [1.165, 1.54) is 7.11 Å². The largest absolute Gasteiger partial charge is 0.493 e. The Hall–Kier alpha value is -2.53. The molecule has 0 saturated carbocycles. The highest BCUT2D eigenvalue weighted by Gasteiger charge is 2.36. The van der Waals surface area contributed by atoms with Crippen LogP contribution in [-0.2, 0) is 12.0 Å². The molecule has 0 fully saturated rings. The summed E-state index contributed by atoms with van der Waals surface area (Å²) in [5.41, 5.74) is 1.49. The van der Waals surface area contributed by atoms with Crippen molar-refractivity contribution in [3.63, 3.8) is 0 Å². The highest BCUT2D eigenvalue weighted by Crippen LogP contribution is 2.36. The first-order chi connectivity index (χ1) is 11.6. The molecule has 0 spiro atoms. The van der Waals surface area contributed by atoms with Crippen LogP contribution in [0.25, 0.3) is 0 Å². The number of amides is 1. The number of carbonyl (C=O) groups excluding carboxylic acids is 1. The van der Waals surface area contributed by atoms with E-state index in [4.69, 9.17) is 9.47 Å². The summed E-state index contributed by atoms with van der Waals surface area (Å²) in [5, 5.41) is 13.7. The van der Waals surface area contributed by atoms with Gasteiger partial charge in [-0.25, -0.2) is 0 Å². The Balaban J connectivity index is 1.72. The van der Waals surface area contributed by atoms with Gasteiger partial charge in [-0.05, 0) is 42.2 Å². The predicted octanol–water partition coefficient (Wildman–Crippen LogP) is 2.27. The Bertz CT molecular complexity index is 759. The highest BCUT2D eigenvalue weighted by molar-refractivity contribution is 5.95. The minimum atomic E-state index is -1.01. The van der Waals surface area contributed by atoms with Gasteiger partial charge in [-0.15, -0.1) is 0 Å². The first-order valence-electron chi connectivity index (χ1n) is 7.88. The monoisotopic (exact) mass is 327 g/mol. The first-order valence-corrected chi connectivity index (χ1v) is 7.88. The van der Waals surface area contributed by atoms with E-state index < -0.39 is 5.60 Å². The molecule has 0 radical (unpaired) electrons. The van der Waals surface area contributed by atoms with Crippen LogP contribution < -0.4 is 14.8 Å². The zero-order chi connectivity index (χ0) is 17.2. The smallest absolute Gasteiger partial charge is 0.251 e. The molecule has 1 unspecified atom stereocenters. The molecule has 2 N–H and O–H groups in total. The second kappa shape index (κ2) is 6.53. The molecule has 0 saturated heterocycles. The number of nitrogens with one attached hydrogen (secondary N) is 1. The van der Waals surface area contributed by atoms with E-state index in [9.17, 15) is 9.90 Å². The normalized spacial score (nSPS) is 18.8. The van der Waals surface area contributed by atoms with Crippen molar-refractivity contribution < 1.29 is 19.4 Å². The van der Waals surface area contributed by atoms with Crippen LogP contribution >= 0.6 is 0 Å². The van der Waals surface area contributed by atoms with Gasteiger partial charge in [0.15, 0.2) is 11.5 Å². The van der Waals surface area contributed by atoms with E-state index in [2.05, 4.69) is 5.32 Å². The van der Waals surface area contributed by atoms with Gasteiger partial charge in [0, 0.05) is 5.56 Å². The number of benzene rings is 2. The summed E-state index contributed by atoms with van der Waals surface area (Å²) in [7, 11) is 3.07. The summed E-state index contributed by atoms with van der Waals surface area (Å²) in [5.74, 6) is 0.807. The van der Waals surface area contributed by atoms with Gasteiger partial charge in [0.2, 0.25) is 0 Å². The number of ether oxygens (including phenoxy) is 2. The summed E-state index contributed by atoms with van der Waals surface area (Å²) in [4.78, 5) is 12.4. The molecule has 126 valence electrons. The molecule has 2 aromatic rings. The molecule has 1 aliphatic carbocycles. The van der Waals surface area contributed by atoms with E-state index in [1.807, 2.05) is 24.3 Å². The molecular weight excluding hydrogens is 306 g/mol. The van der Waals surface area contributed by atoms with E-state index in [-0.39, 0.29) is 12.5 Å². The highest BCUT2D eigenvalue weighted by atomic mass is 16.5. The van der Waals surface area contributed by atoms with Crippen LogP contribution in [0.2, 0.25) is 0 Å². The second-order valence-electron chi connectivity index (χ2n) is 5.94. The van der Waals surface area contributed by atoms with Gasteiger partial charge in [0.1, 0.15) is 5.60 Å². The zero-order valence-electron chi connectivity index (χ0n) is 13.8. The van der Waals surface area contributed by atoms with E-state index in [0.29, 0.717) is 23.5 Å². The minimum absolute atomic E-state index is 0.178. The lowest BCUT2D eigenvalue weighted by Crippen LogP contribution is -2.39. The Morgan fingerprint density at radius 3 is 2.67 bits per heavy atom. The Morgan fingerprint density at radius 1 is 1.17 bits per heavy atom. The summed E-state index contributed by atoms with van der Waals surface area (Å²) < 4.78 is 10.4. The molecular formula is C19H21NO4. The van der Waals surface area contributed by atoms with Gasteiger partial charge in [-0.2, -0.15) is 0 Å². The van der Waals surface area contributed by atoms with E-state index in [0.717, 1.165) is 17.5 Å². The Labute approximate surface area is 141 Å². The van der Waals surface area contributed by atoms with Gasteiger partial charge in [-0.1, -0.05) is 24.3 Å². The molecule has 1 amide bonds. The molecule has 1 aliphatic rings. The fourth-order valence-corrected chi connectivity index (χ4v) is 3.16. The van der Waals surface area contributed by atoms with Crippen LogP contribution in [0.5, 0.6) is 11.5 Å². The number of aliphatic hydroxyl groups is 1. The van der Waals surface area contributed by atoms with Crippen molar-refractivity contribution >= 4 is 5.91 Å². The van der Waals surface area contributed by atoms with E-state index >= 15 is 0 Å². The third-order valence-corrected chi connectivity index (χ3v) is 4.51. The maximum Gasteiger partial charge on any atom is 0.251 e. The number of aryl methyl sites for hydroxylation is 1. The average Bonchev–Trinajstić information content (AvgIpc) is 2.97. The summed E-state index contributed by atoms with van der Waals surface area (Å²) >= 11 is 0. The third-order valence-electron chi connectivity index (χ3n) is 4.51. The second-order valence-corrected chi connectivity index (χ2v) is 5.94. The standard InChI is InChI=1S/C19H21NO4/c1-23-16-8-7-14(11-17(16)24-2)18(21)20-12-19(22)10-9-13-5-3-4-6-15(13)19/h3-8,11,22H,9-10,12H2,1-2H3,(H,20,21). The van der Waals surface area contributed by atoms with Crippen LogP contribution in [0.1, 0.15) is 27.9 Å². The van der Waals surface area contributed by atoms with Crippen LogP contribution in [0.3, 0.4) is 0 Å². The topological polar surface area (TPSA) is 67.8 Å². The van der Waals surface area contributed by atoms with Crippen molar-refractivity contribution in [1.29, 1.82) is 0 Å². The number of rotatable bonds is 5. The number of hydrogen-bond acceptors (Lipinski definition) is 4. The van der Waals surface area contributed by atoms with Crippen LogP contribution in [-0.4, -0.2) is 31.8 Å². The fourth-order valence-electron chi connectivity index (χ4n) is 3.16. The molecule has 0 aromatic heterocycles. The number of fused-ring (bicyclic) bond motifs is 1. The molecule has 5 nitrogen and oxygen atoms in total. The van der Waals surface area contributed by atoms with Crippen molar-refractivity contribution in [1.82, 2.24) is 5.32 Å². The number of hydrogen-bond donors (Lipinski definition) is 2. The molecule has 3 rings (SSSR count). The van der Waals surface area contributed by atoms with Crippen molar-refractivity contribution in [3.05, 3.63) is 59.2 Å². The minimum Gasteiger partial charge on any atom is -0.493 e. The van der Waals surface area contributed by atoms with Crippen molar-refractivity contribution in [3.8, 4) is 11.5 Å². The Morgan fingerprint density at radius 2 is 1.92 bits per heavy atom. The Kier molecular flexibility index (Phi) is 4.44. The maximum absolute atomic E-state index is 12.4. The van der Waals surface area contributed by atoms with Crippen LogP contribution in [0.4, 0.5) is 0 Å². The van der Waals surface area contributed by atoms with Gasteiger partial charge in [0.25, 0.3) is 5.91 Å². The number of carbonyl (C=O) groups is 1. The van der Waals surface area contributed by atoms with Gasteiger partial charge >= 0.3 is 0 Å². The molecule has 5 heteroatoms. The lowest BCUT2D eigenvalue weighted by atomic mass is 9.96. The lowest BCUT2D eigenvalue weighted by molar-refractivity contribution is 0.0369. The van der Waals surface area contributed by atoms with Crippen LogP contribution in [0.15, 0.2) is 42.5 Å². The SMILES string of the molecule is COc1ccc(C(=O)NCC2(O)CCc3ccccc32)cc1OC. The fraction of sp³-hybridized carbons (Fsp3) is 0.316. The first kappa shape index (κ1) is 16.3. The quantitative estimate of drug-likeness (QED) is 0.884. The lowest BCUT2D eigenvalue weighted by Gasteiger charge is -2.24. The molecule has 1 atom stereocenters. The molecule has 0 heterocycles. The summed E-state index contributed by atoms with van der Waals surface area (Å²) in [6.45, 7) is 0.178.